The summed E-state index contributed by atoms with van der Waals surface area (Å²) >= 11 is 0. The molecule has 1 aliphatic rings. The van der Waals surface area contributed by atoms with Gasteiger partial charge in [0.1, 0.15) is 5.75 Å². The highest BCUT2D eigenvalue weighted by Gasteiger charge is 2.24. The summed E-state index contributed by atoms with van der Waals surface area (Å²) in [6.45, 7) is 4.59. The highest BCUT2D eigenvalue weighted by molar-refractivity contribution is 5.77. The van der Waals surface area contributed by atoms with Crippen LogP contribution in [-0.4, -0.2) is 18.6 Å². The molecule has 0 fully saturated rings. The van der Waals surface area contributed by atoms with Crippen molar-refractivity contribution in [2.75, 3.05) is 6.61 Å². The van der Waals surface area contributed by atoms with Gasteiger partial charge in [-0.1, -0.05) is 25.1 Å². The van der Waals surface area contributed by atoms with Crippen molar-refractivity contribution >= 4 is 5.91 Å². The molecule has 0 bridgehead atoms. The van der Waals surface area contributed by atoms with Crippen molar-refractivity contribution in [3.63, 3.8) is 0 Å². The van der Waals surface area contributed by atoms with Crippen molar-refractivity contribution in [1.82, 2.24) is 5.32 Å². The third-order valence-electron chi connectivity index (χ3n) is 3.38. The van der Waals surface area contributed by atoms with Gasteiger partial charge in [-0.15, -0.1) is 0 Å². The lowest BCUT2D eigenvalue weighted by molar-refractivity contribution is -0.122. The lowest BCUT2D eigenvalue weighted by atomic mass is 9.96. The number of aryl methyl sites for hydroxylation is 1. The van der Waals surface area contributed by atoms with E-state index in [-0.39, 0.29) is 18.0 Å². The number of nitrogens with one attached hydrogen (secondary N) is 1. The van der Waals surface area contributed by atoms with E-state index in [2.05, 4.69) is 18.3 Å². The molecule has 1 aromatic rings. The predicted molar refractivity (Wildman–Crippen MR) is 75.1 cm³/mol. The second kappa shape index (κ2) is 6.06. The minimum Gasteiger partial charge on any atom is -0.493 e. The van der Waals surface area contributed by atoms with Gasteiger partial charge in [-0.25, -0.2) is 0 Å². The Bertz CT molecular complexity index is 457. The van der Waals surface area contributed by atoms with Crippen LogP contribution in [0.3, 0.4) is 0 Å². The maximum Gasteiger partial charge on any atom is 0.222 e. The molecule has 4 heteroatoms. The van der Waals surface area contributed by atoms with E-state index >= 15 is 0 Å². The van der Waals surface area contributed by atoms with E-state index in [1.54, 1.807) is 0 Å². The van der Waals surface area contributed by atoms with Gasteiger partial charge in [0, 0.05) is 24.4 Å². The number of benzene rings is 1. The van der Waals surface area contributed by atoms with E-state index < -0.39 is 0 Å². The second-order valence-electron chi connectivity index (χ2n) is 5.13. The molecule has 1 amide bonds. The molecule has 0 spiro atoms. The van der Waals surface area contributed by atoms with Crippen molar-refractivity contribution in [2.24, 2.45) is 5.73 Å². The molecule has 0 saturated carbocycles. The van der Waals surface area contributed by atoms with Crippen LogP contribution in [0, 0.1) is 0 Å². The predicted octanol–water partition coefficient (Wildman–Crippen LogP) is 1.93. The smallest absolute Gasteiger partial charge is 0.222 e. The molecular weight excluding hydrogens is 240 g/mol. The molecule has 2 unspecified atom stereocenters. The van der Waals surface area contributed by atoms with Gasteiger partial charge in [0.2, 0.25) is 5.91 Å². The molecule has 2 atom stereocenters. The van der Waals surface area contributed by atoms with E-state index in [4.69, 9.17) is 10.5 Å². The molecule has 3 N–H and O–H groups in total. The molecule has 1 heterocycles. The first-order chi connectivity index (χ1) is 9.11. The third-order valence-corrected chi connectivity index (χ3v) is 3.38. The van der Waals surface area contributed by atoms with E-state index in [0.29, 0.717) is 13.0 Å². The fourth-order valence-electron chi connectivity index (χ4n) is 2.46. The molecule has 19 heavy (non-hydrogen) atoms. The Morgan fingerprint density at radius 3 is 3.05 bits per heavy atom. The largest absolute Gasteiger partial charge is 0.493 e. The molecule has 0 aliphatic carbocycles. The standard InChI is InChI=1S/C15H22N2O2/c1-3-11-5-4-6-12-13(7-8-19-15(11)12)17-14(18)9-10(2)16/h4-6,10,13H,3,7-9,16H2,1-2H3,(H,17,18). The lowest BCUT2D eigenvalue weighted by Crippen LogP contribution is -2.35. The van der Waals surface area contributed by atoms with Crippen LogP contribution in [0.25, 0.3) is 0 Å². The minimum atomic E-state index is -0.110. The fraction of sp³-hybridized carbons (Fsp3) is 0.533. The van der Waals surface area contributed by atoms with Crippen LogP contribution in [0.15, 0.2) is 18.2 Å². The zero-order chi connectivity index (χ0) is 13.8. The van der Waals surface area contributed by atoms with E-state index in [0.717, 1.165) is 24.2 Å². The average Bonchev–Trinajstić information content (AvgIpc) is 2.37. The van der Waals surface area contributed by atoms with Crippen LogP contribution in [0.1, 0.15) is 43.9 Å². The Morgan fingerprint density at radius 1 is 1.58 bits per heavy atom. The SMILES string of the molecule is CCc1cccc2c1OCCC2NC(=O)CC(C)N. The molecular formula is C15H22N2O2. The van der Waals surface area contributed by atoms with Crippen molar-refractivity contribution in [1.29, 1.82) is 0 Å². The number of hydrogen-bond donors (Lipinski definition) is 2. The van der Waals surface area contributed by atoms with Crippen LogP contribution < -0.4 is 15.8 Å². The number of carbonyl (C=O) groups excluding carboxylic acids is 1. The summed E-state index contributed by atoms with van der Waals surface area (Å²) in [4.78, 5) is 11.9. The summed E-state index contributed by atoms with van der Waals surface area (Å²) in [7, 11) is 0. The monoisotopic (exact) mass is 262 g/mol. The van der Waals surface area contributed by atoms with Crippen molar-refractivity contribution in [3.8, 4) is 5.75 Å². The molecule has 104 valence electrons. The van der Waals surface area contributed by atoms with Gasteiger partial charge in [0.25, 0.3) is 0 Å². The zero-order valence-electron chi connectivity index (χ0n) is 11.6. The number of para-hydroxylation sites is 1. The summed E-state index contributed by atoms with van der Waals surface area (Å²) < 4.78 is 5.76. The molecule has 2 rings (SSSR count). The van der Waals surface area contributed by atoms with Crippen molar-refractivity contribution in [3.05, 3.63) is 29.3 Å². The maximum absolute atomic E-state index is 11.9. The number of hydrogen-bond acceptors (Lipinski definition) is 3. The van der Waals surface area contributed by atoms with Crippen LogP contribution in [0.5, 0.6) is 5.75 Å². The molecule has 4 nitrogen and oxygen atoms in total. The summed E-state index contributed by atoms with van der Waals surface area (Å²) in [5.74, 6) is 0.956. The number of ether oxygens (including phenoxy) is 1. The minimum absolute atomic E-state index is 0.00903. The Hall–Kier alpha value is -1.55. The zero-order valence-corrected chi connectivity index (χ0v) is 11.6. The molecule has 0 saturated heterocycles. The Morgan fingerprint density at radius 2 is 2.37 bits per heavy atom. The van der Waals surface area contributed by atoms with Gasteiger partial charge in [-0.3, -0.25) is 4.79 Å². The van der Waals surface area contributed by atoms with Crippen LogP contribution in [0.4, 0.5) is 0 Å². The third kappa shape index (κ3) is 3.26. The molecule has 0 aromatic heterocycles. The summed E-state index contributed by atoms with van der Waals surface area (Å²) in [6.07, 6.45) is 2.11. The first-order valence-electron chi connectivity index (χ1n) is 6.91. The lowest BCUT2D eigenvalue weighted by Gasteiger charge is -2.28. The molecule has 1 aromatic carbocycles. The first kappa shape index (κ1) is 13.9. The molecule has 1 aliphatic heterocycles. The fourth-order valence-corrected chi connectivity index (χ4v) is 2.46. The van der Waals surface area contributed by atoms with Gasteiger partial charge in [0.15, 0.2) is 0 Å². The number of nitrogens with two attached hydrogens (primary N) is 1. The quantitative estimate of drug-likeness (QED) is 0.871. The van der Waals surface area contributed by atoms with Gasteiger partial charge in [-0.2, -0.15) is 0 Å². The second-order valence-corrected chi connectivity index (χ2v) is 5.13. The topological polar surface area (TPSA) is 64.3 Å². The highest BCUT2D eigenvalue weighted by Crippen LogP contribution is 2.35. The van der Waals surface area contributed by atoms with Gasteiger partial charge in [-0.05, 0) is 18.9 Å². The Balaban J connectivity index is 2.16. The number of amides is 1. The number of carbonyl (C=O) groups is 1. The normalized spacial score (nSPS) is 19.2. The van der Waals surface area contributed by atoms with Crippen LogP contribution in [-0.2, 0) is 11.2 Å². The van der Waals surface area contributed by atoms with Gasteiger partial charge < -0.3 is 15.8 Å². The maximum atomic E-state index is 11.9. The number of fused-ring (bicyclic) bond motifs is 1. The summed E-state index contributed by atoms with van der Waals surface area (Å²) in [6, 6.07) is 6.06. The summed E-state index contributed by atoms with van der Waals surface area (Å²) in [5, 5.41) is 3.06. The first-order valence-corrected chi connectivity index (χ1v) is 6.91. The van der Waals surface area contributed by atoms with Crippen molar-refractivity contribution in [2.45, 2.75) is 45.2 Å². The summed E-state index contributed by atoms with van der Waals surface area (Å²) in [5.41, 5.74) is 7.94. The van der Waals surface area contributed by atoms with Crippen LogP contribution in [0.2, 0.25) is 0 Å². The van der Waals surface area contributed by atoms with E-state index in [9.17, 15) is 4.79 Å². The number of rotatable bonds is 4. The Kier molecular flexibility index (Phi) is 4.43. The molecule has 0 radical (unpaired) electrons. The highest BCUT2D eigenvalue weighted by atomic mass is 16.5. The van der Waals surface area contributed by atoms with Crippen molar-refractivity contribution < 1.29 is 9.53 Å². The Labute approximate surface area is 114 Å². The van der Waals surface area contributed by atoms with Gasteiger partial charge in [0.05, 0.1) is 12.6 Å². The average molecular weight is 262 g/mol. The van der Waals surface area contributed by atoms with E-state index in [1.807, 2.05) is 19.1 Å². The van der Waals surface area contributed by atoms with Gasteiger partial charge >= 0.3 is 0 Å². The van der Waals surface area contributed by atoms with E-state index in [1.165, 1.54) is 5.56 Å². The van der Waals surface area contributed by atoms with Crippen LogP contribution >= 0.6 is 0 Å².